The lowest BCUT2D eigenvalue weighted by atomic mass is 10.00. The molecule has 0 saturated carbocycles. The molecule has 1 heterocycles. The third kappa shape index (κ3) is 4.54. The Morgan fingerprint density at radius 3 is 2.14 bits per heavy atom. The summed E-state index contributed by atoms with van der Waals surface area (Å²) in [6, 6.07) is -2.34. The molecular formula is C12H20N4O4S2. The largest absolute Gasteiger partial charge is 0.368 e. The smallest absolute Gasteiger partial charge is 0.246 e. The fourth-order valence-electron chi connectivity index (χ4n) is 2.03. The molecular weight excluding hydrogens is 328 g/mol. The molecule has 0 aromatic rings. The Balaban J connectivity index is 2.66. The number of carbonyl (C=O) groups excluding carboxylic acids is 4. The Hall–Kier alpha value is -1.42. The fraction of sp³-hybridized carbons (Fsp3) is 0.667. The van der Waals surface area contributed by atoms with Gasteiger partial charge in [0.15, 0.2) is 0 Å². The van der Waals surface area contributed by atoms with Crippen molar-refractivity contribution >= 4 is 48.9 Å². The molecule has 22 heavy (non-hydrogen) atoms. The maximum atomic E-state index is 12.3. The van der Waals surface area contributed by atoms with Crippen LogP contribution in [0.5, 0.6) is 0 Å². The van der Waals surface area contributed by atoms with Crippen molar-refractivity contribution < 1.29 is 19.2 Å². The number of rotatable bonds is 7. The normalized spacial score (nSPS) is 19.6. The Morgan fingerprint density at radius 2 is 1.77 bits per heavy atom. The highest BCUT2D eigenvalue weighted by Gasteiger charge is 2.40. The summed E-state index contributed by atoms with van der Waals surface area (Å²) in [6.07, 6.45) is 0.481. The van der Waals surface area contributed by atoms with Crippen molar-refractivity contribution in [1.82, 2.24) is 15.5 Å². The van der Waals surface area contributed by atoms with E-state index in [0.29, 0.717) is 13.0 Å². The van der Waals surface area contributed by atoms with E-state index >= 15 is 0 Å². The SMILES string of the molecule is CC(=O)NC(CS)C(=O)N1CCC1C(=O)NC(CS)C(N)=O. The second-order valence-corrected chi connectivity index (χ2v) is 5.65. The van der Waals surface area contributed by atoms with Crippen molar-refractivity contribution in [3.63, 3.8) is 0 Å². The first kappa shape index (κ1) is 18.6. The van der Waals surface area contributed by atoms with Crippen LogP contribution >= 0.6 is 25.3 Å². The lowest BCUT2D eigenvalue weighted by molar-refractivity contribution is -0.149. The first-order chi connectivity index (χ1) is 10.3. The molecule has 4 N–H and O–H groups in total. The molecule has 0 bridgehead atoms. The van der Waals surface area contributed by atoms with Crippen molar-refractivity contribution in [3.05, 3.63) is 0 Å². The maximum Gasteiger partial charge on any atom is 0.246 e. The molecule has 0 aliphatic carbocycles. The van der Waals surface area contributed by atoms with E-state index in [0.717, 1.165) is 0 Å². The molecule has 4 amide bonds. The number of amides is 4. The number of nitrogens with one attached hydrogen (secondary N) is 2. The Kier molecular flexibility index (Phi) is 7.01. The van der Waals surface area contributed by atoms with Crippen LogP contribution in [0, 0.1) is 0 Å². The Morgan fingerprint density at radius 1 is 1.18 bits per heavy atom. The van der Waals surface area contributed by atoms with Gasteiger partial charge in [-0.05, 0) is 6.42 Å². The summed E-state index contributed by atoms with van der Waals surface area (Å²) in [4.78, 5) is 47.9. The molecule has 8 nitrogen and oxygen atoms in total. The van der Waals surface area contributed by atoms with Gasteiger partial charge in [-0.25, -0.2) is 0 Å². The highest BCUT2D eigenvalue weighted by Crippen LogP contribution is 2.19. The van der Waals surface area contributed by atoms with Gasteiger partial charge in [-0.1, -0.05) is 0 Å². The Labute approximate surface area is 139 Å². The lowest BCUT2D eigenvalue weighted by Crippen LogP contribution is -2.64. The van der Waals surface area contributed by atoms with Crippen LogP contribution < -0.4 is 16.4 Å². The number of nitrogens with two attached hydrogens (primary N) is 1. The van der Waals surface area contributed by atoms with Crippen LogP contribution in [0.3, 0.4) is 0 Å². The third-order valence-corrected chi connectivity index (χ3v) is 4.04. The van der Waals surface area contributed by atoms with Crippen LogP contribution in [0.25, 0.3) is 0 Å². The van der Waals surface area contributed by atoms with Crippen molar-refractivity contribution in [2.75, 3.05) is 18.1 Å². The average Bonchev–Trinajstić information content (AvgIpc) is 2.40. The summed E-state index contributed by atoms with van der Waals surface area (Å²) in [5, 5.41) is 4.94. The van der Waals surface area contributed by atoms with Gasteiger partial charge < -0.3 is 21.3 Å². The molecule has 0 radical (unpaired) electrons. The summed E-state index contributed by atoms with van der Waals surface area (Å²) in [5.41, 5.74) is 5.13. The van der Waals surface area contributed by atoms with Crippen LogP contribution in [0.1, 0.15) is 13.3 Å². The molecule has 3 unspecified atom stereocenters. The summed E-state index contributed by atoms with van der Waals surface area (Å²) in [7, 11) is 0. The number of carbonyl (C=O) groups is 4. The van der Waals surface area contributed by atoms with E-state index in [4.69, 9.17) is 5.73 Å². The molecule has 1 fully saturated rings. The van der Waals surface area contributed by atoms with E-state index in [1.54, 1.807) is 0 Å². The number of hydrogen-bond acceptors (Lipinski definition) is 6. The van der Waals surface area contributed by atoms with Crippen LogP contribution in [-0.4, -0.2) is 64.7 Å². The zero-order chi connectivity index (χ0) is 16.9. The monoisotopic (exact) mass is 348 g/mol. The van der Waals surface area contributed by atoms with E-state index in [1.165, 1.54) is 11.8 Å². The van der Waals surface area contributed by atoms with E-state index in [1.807, 2.05) is 0 Å². The molecule has 1 saturated heterocycles. The number of hydrogen-bond donors (Lipinski definition) is 5. The number of thiol groups is 2. The summed E-state index contributed by atoms with van der Waals surface area (Å²) in [5.74, 6) is -1.67. The van der Waals surface area contributed by atoms with E-state index < -0.39 is 29.9 Å². The zero-order valence-electron chi connectivity index (χ0n) is 12.1. The topological polar surface area (TPSA) is 122 Å². The van der Waals surface area contributed by atoms with Crippen molar-refractivity contribution in [1.29, 1.82) is 0 Å². The van der Waals surface area contributed by atoms with E-state index in [-0.39, 0.29) is 23.3 Å². The quantitative estimate of drug-likeness (QED) is 0.339. The molecule has 0 aromatic heterocycles. The highest BCUT2D eigenvalue weighted by atomic mass is 32.1. The van der Waals surface area contributed by atoms with Gasteiger partial charge in [-0.2, -0.15) is 25.3 Å². The lowest BCUT2D eigenvalue weighted by Gasteiger charge is -2.41. The van der Waals surface area contributed by atoms with Gasteiger partial charge in [0.1, 0.15) is 18.1 Å². The maximum absolute atomic E-state index is 12.3. The van der Waals surface area contributed by atoms with Gasteiger partial charge in [0.2, 0.25) is 23.6 Å². The van der Waals surface area contributed by atoms with Crippen LogP contribution in [0.15, 0.2) is 0 Å². The molecule has 0 spiro atoms. The van der Waals surface area contributed by atoms with Crippen molar-refractivity contribution in [3.8, 4) is 0 Å². The predicted molar refractivity (Wildman–Crippen MR) is 86.6 cm³/mol. The predicted octanol–water partition coefficient (Wildman–Crippen LogP) is -2.08. The first-order valence-electron chi connectivity index (χ1n) is 6.70. The molecule has 1 aliphatic rings. The van der Waals surface area contributed by atoms with Crippen molar-refractivity contribution in [2.45, 2.75) is 31.5 Å². The van der Waals surface area contributed by atoms with Crippen LogP contribution in [0.4, 0.5) is 0 Å². The second kappa shape index (κ2) is 8.28. The molecule has 1 rings (SSSR count). The van der Waals surface area contributed by atoms with Gasteiger partial charge >= 0.3 is 0 Å². The molecule has 0 aromatic carbocycles. The van der Waals surface area contributed by atoms with Crippen LogP contribution in [0.2, 0.25) is 0 Å². The van der Waals surface area contributed by atoms with Crippen LogP contribution in [-0.2, 0) is 19.2 Å². The summed E-state index contributed by atoms with van der Waals surface area (Å²) >= 11 is 7.97. The van der Waals surface area contributed by atoms with Gasteiger partial charge in [0.25, 0.3) is 0 Å². The Bertz CT molecular complexity index is 474. The third-order valence-electron chi connectivity index (χ3n) is 3.31. The van der Waals surface area contributed by atoms with Crippen molar-refractivity contribution in [2.24, 2.45) is 5.73 Å². The summed E-state index contributed by atoms with van der Waals surface area (Å²) in [6.45, 7) is 1.71. The minimum atomic E-state index is -0.885. The number of nitrogens with zero attached hydrogens (tertiary/aromatic N) is 1. The van der Waals surface area contributed by atoms with Gasteiger partial charge in [0, 0.05) is 25.0 Å². The first-order valence-corrected chi connectivity index (χ1v) is 7.97. The fourth-order valence-corrected chi connectivity index (χ4v) is 2.55. The molecule has 10 heteroatoms. The molecule has 124 valence electrons. The van der Waals surface area contributed by atoms with E-state index in [9.17, 15) is 19.2 Å². The minimum Gasteiger partial charge on any atom is -0.368 e. The average molecular weight is 348 g/mol. The zero-order valence-corrected chi connectivity index (χ0v) is 13.9. The number of likely N-dealkylation sites (tertiary alicyclic amines) is 1. The highest BCUT2D eigenvalue weighted by molar-refractivity contribution is 7.80. The van der Waals surface area contributed by atoms with Gasteiger partial charge in [0.05, 0.1) is 0 Å². The van der Waals surface area contributed by atoms with Gasteiger partial charge in [-0.15, -0.1) is 0 Å². The second-order valence-electron chi connectivity index (χ2n) is 4.92. The standard InChI is InChI=1S/C12H20N4O4S2/c1-6(17)14-8(5-22)12(20)16-3-2-9(16)11(19)15-7(4-21)10(13)18/h7-9,21-22H,2-5H2,1H3,(H2,13,18)(H,14,17)(H,15,19). The van der Waals surface area contributed by atoms with E-state index in [2.05, 4.69) is 35.9 Å². The molecule has 1 aliphatic heterocycles. The minimum absolute atomic E-state index is 0.0763. The number of primary amides is 1. The van der Waals surface area contributed by atoms with Gasteiger partial charge in [-0.3, -0.25) is 19.2 Å². The summed E-state index contributed by atoms with van der Waals surface area (Å²) < 4.78 is 0. The molecule has 3 atom stereocenters.